The number of carbonyl (C=O) groups is 4. The average Bonchev–Trinajstić information content (AvgIpc) is 3.35. The van der Waals surface area contributed by atoms with Crippen LogP contribution in [0.2, 0.25) is 0 Å². The van der Waals surface area contributed by atoms with Crippen molar-refractivity contribution in [2.45, 2.75) is 51.9 Å². The van der Waals surface area contributed by atoms with Crippen LogP contribution in [0.15, 0.2) is 54.9 Å². The number of amides is 4. The largest absolute Gasteiger partial charge is 0.507 e. The average molecular weight is 563 g/mol. The number of phenols is 1. The molecule has 0 fully saturated rings. The molecule has 2 aliphatic rings. The smallest absolute Gasteiger partial charge is 0.255 e. The van der Waals surface area contributed by atoms with E-state index in [1.807, 2.05) is 0 Å². The Balaban J connectivity index is 1.64. The lowest BCUT2D eigenvalue weighted by Crippen LogP contribution is -2.57. The maximum atomic E-state index is 13.2. The molecule has 12 nitrogen and oxygen atoms in total. The summed E-state index contributed by atoms with van der Waals surface area (Å²) >= 11 is 0. The highest BCUT2D eigenvalue weighted by Gasteiger charge is 2.30. The van der Waals surface area contributed by atoms with Crippen LogP contribution in [-0.4, -0.2) is 56.6 Å². The number of benzene rings is 2. The van der Waals surface area contributed by atoms with Gasteiger partial charge < -0.3 is 31.1 Å². The summed E-state index contributed by atoms with van der Waals surface area (Å²) in [5.74, 6) is -2.09. The van der Waals surface area contributed by atoms with Gasteiger partial charge in [0.05, 0.1) is 11.8 Å². The molecule has 0 aliphatic carbocycles. The van der Waals surface area contributed by atoms with Crippen LogP contribution >= 0.6 is 0 Å². The summed E-state index contributed by atoms with van der Waals surface area (Å²) in [6.07, 6.45) is 3.60. The molecule has 2 aliphatic heterocycles. The van der Waals surface area contributed by atoms with E-state index in [1.165, 1.54) is 25.1 Å². The number of rotatable bonds is 4. The Kier molecular flexibility index (Phi) is 8.91. The van der Waals surface area contributed by atoms with Crippen molar-refractivity contribution in [2.75, 3.05) is 0 Å². The van der Waals surface area contributed by atoms with E-state index in [0.29, 0.717) is 11.5 Å². The summed E-state index contributed by atoms with van der Waals surface area (Å²) in [5.41, 5.74) is 1.49. The zero-order valence-electron chi connectivity index (χ0n) is 23.3. The monoisotopic (exact) mass is 562 g/mol. The number of nitrogens with zero attached hydrogens (tertiary/aromatic N) is 2. The number of hydrogen-bond donors (Lipinski definition) is 5. The molecule has 4 amide bonds. The summed E-state index contributed by atoms with van der Waals surface area (Å²) < 4.78 is 7.51. The van der Waals surface area contributed by atoms with E-state index in [4.69, 9.17) is 4.74 Å². The Hall–Kier alpha value is -4.87. The maximum Gasteiger partial charge on any atom is 0.255 e. The van der Waals surface area contributed by atoms with Crippen LogP contribution in [-0.2, 0) is 34.4 Å². The second-order valence-electron chi connectivity index (χ2n) is 10.4. The highest BCUT2D eigenvalue weighted by molar-refractivity contribution is 6.00. The molecule has 0 saturated carbocycles. The van der Waals surface area contributed by atoms with Crippen molar-refractivity contribution >= 4 is 23.6 Å². The predicted octanol–water partition coefficient (Wildman–Crippen LogP) is 1.53. The molecule has 0 radical (unpaired) electrons. The van der Waals surface area contributed by atoms with Gasteiger partial charge in [0.25, 0.3) is 5.91 Å². The summed E-state index contributed by atoms with van der Waals surface area (Å²) in [6, 6.07) is 8.21. The standard InChI is InChI=1S/C29H34N6O6/c1-16(2)25-29(40)32-17(3)26(37)33-23(28(39)30-13-19-14-31-35(4)15-19)11-18-5-7-20(8-6-18)41-21-9-10-24(36)22(12-21)27(38)34-25/h5-10,12,14-17,23,25,36H,11,13H2,1-4H3,(H,30,39)(H,32,40)(H,33,37)(H,34,38)/t17-,23-,25-/m0/s1. The van der Waals surface area contributed by atoms with E-state index < -0.39 is 41.8 Å². The molecular formula is C29H34N6O6. The van der Waals surface area contributed by atoms with Crippen LogP contribution in [0.3, 0.4) is 0 Å². The molecule has 4 bridgehead atoms. The first-order valence-electron chi connectivity index (χ1n) is 13.3. The van der Waals surface area contributed by atoms with Crippen molar-refractivity contribution in [3.8, 4) is 17.2 Å². The van der Waals surface area contributed by atoms with Crippen molar-refractivity contribution in [2.24, 2.45) is 13.0 Å². The summed E-state index contributed by atoms with van der Waals surface area (Å²) in [6.45, 7) is 5.21. The van der Waals surface area contributed by atoms with Gasteiger partial charge in [0, 0.05) is 31.8 Å². The first-order chi connectivity index (χ1) is 19.5. The molecule has 1 aromatic heterocycles. The maximum absolute atomic E-state index is 13.2. The lowest BCUT2D eigenvalue weighted by Gasteiger charge is -2.25. The van der Waals surface area contributed by atoms with E-state index in [9.17, 15) is 24.3 Å². The van der Waals surface area contributed by atoms with Crippen LogP contribution in [0.5, 0.6) is 17.2 Å². The van der Waals surface area contributed by atoms with E-state index >= 15 is 0 Å². The molecule has 0 unspecified atom stereocenters. The van der Waals surface area contributed by atoms with Gasteiger partial charge in [-0.05, 0) is 48.7 Å². The first kappa shape index (κ1) is 29.1. The van der Waals surface area contributed by atoms with Gasteiger partial charge in [0.1, 0.15) is 35.4 Å². The Labute approximate surface area is 237 Å². The molecule has 3 atom stereocenters. The van der Waals surface area contributed by atoms with Gasteiger partial charge in [-0.15, -0.1) is 0 Å². The normalized spacial score (nSPS) is 19.8. The summed E-state index contributed by atoms with van der Waals surface area (Å²) in [4.78, 5) is 52.5. The third-order valence-corrected chi connectivity index (χ3v) is 6.66. The fraction of sp³-hybridized carbons (Fsp3) is 0.345. The van der Waals surface area contributed by atoms with Gasteiger partial charge in [-0.3, -0.25) is 23.9 Å². The fourth-order valence-corrected chi connectivity index (χ4v) is 4.33. The van der Waals surface area contributed by atoms with Crippen molar-refractivity contribution in [1.82, 2.24) is 31.0 Å². The fourth-order valence-electron chi connectivity index (χ4n) is 4.33. The predicted molar refractivity (Wildman–Crippen MR) is 149 cm³/mol. The minimum Gasteiger partial charge on any atom is -0.507 e. The van der Waals surface area contributed by atoms with Crippen LogP contribution in [0, 0.1) is 5.92 Å². The van der Waals surface area contributed by atoms with Crippen molar-refractivity contribution in [3.05, 3.63) is 71.5 Å². The van der Waals surface area contributed by atoms with Gasteiger partial charge in [0.2, 0.25) is 17.7 Å². The second kappa shape index (κ2) is 12.5. The van der Waals surface area contributed by atoms with Crippen molar-refractivity contribution < 1.29 is 29.0 Å². The molecule has 3 heterocycles. The molecule has 2 aromatic carbocycles. The van der Waals surface area contributed by atoms with E-state index in [-0.39, 0.29) is 30.2 Å². The molecule has 216 valence electrons. The number of carbonyl (C=O) groups excluding carboxylic acids is 4. The van der Waals surface area contributed by atoms with Gasteiger partial charge in [-0.1, -0.05) is 26.0 Å². The van der Waals surface area contributed by atoms with Gasteiger partial charge in [-0.25, -0.2) is 0 Å². The zero-order valence-corrected chi connectivity index (χ0v) is 23.3. The molecule has 5 N–H and O–H groups in total. The molecule has 3 aromatic rings. The minimum atomic E-state index is -1.01. The van der Waals surface area contributed by atoms with Gasteiger partial charge in [0.15, 0.2) is 0 Å². The van der Waals surface area contributed by atoms with Crippen LogP contribution in [0.1, 0.15) is 42.3 Å². The first-order valence-corrected chi connectivity index (χ1v) is 13.3. The summed E-state index contributed by atoms with van der Waals surface area (Å²) in [5, 5.41) is 25.3. The number of aryl methyl sites for hydroxylation is 1. The van der Waals surface area contributed by atoms with Crippen molar-refractivity contribution in [1.29, 1.82) is 0 Å². The number of hydrogen-bond acceptors (Lipinski definition) is 7. The SMILES string of the molecule is CC(C)[C@@H]1NC(=O)c2cc(ccc2O)Oc2ccc(cc2)C[C@@H](C(=O)NCc2cnn(C)c2)NC(=O)[C@H](C)NC1=O. The Morgan fingerprint density at radius 2 is 1.78 bits per heavy atom. The molecule has 5 rings (SSSR count). The van der Waals surface area contributed by atoms with Crippen molar-refractivity contribution in [3.63, 3.8) is 0 Å². The number of aromatic nitrogens is 2. The Morgan fingerprint density at radius 1 is 1.07 bits per heavy atom. The van der Waals surface area contributed by atoms with Crippen LogP contribution in [0.25, 0.3) is 0 Å². The van der Waals surface area contributed by atoms with E-state index in [1.54, 1.807) is 62.2 Å². The quantitative estimate of drug-likeness (QED) is 0.301. The minimum absolute atomic E-state index is 0.0652. The topological polar surface area (TPSA) is 164 Å². The number of fused-ring (bicyclic) bond motifs is 11. The second-order valence-corrected chi connectivity index (χ2v) is 10.4. The molecule has 41 heavy (non-hydrogen) atoms. The van der Waals surface area contributed by atoms with Gasteiger partial charge in [-0.2, -0.15) is 5.10 Å². The number of nitrogens with one attached hydrogen (secondary N) is 4. The molecule has 12 heteroatoms. The lowest BCUT2D eigenvalue weighted by atomic mass is 10.0. The molecule has 0 spiro atoms. The highest BCUT2D eigenvalue weighted by atomic mass is 16.5. The van der Waals surface area contributed by atoms with E-state index in [2.05, 4.69) is 26.4 Å². The lowest BCUT2D eigenvalue weighted by molar-refractivity contribution is -0.132. The number of aromatic hydroxyl groups is 1. The third-order valence-electron chi connectivity index (χ3n) is 6.66. The molecular weight excluding hydrogens is 528 g/mol. The van der Waals surface area contributed by atoms with E-state index in [0.717, 1.165) is 11.1 Å². The Morgan fingerprint density at radius 3 is 2.44 bits per heavy atom. The van der Waals surface area contributed by atoms with Crippen LogP contribution < -0.4 is 26.0 Å². The highest BCUT2D eigenvalue weighted by Crippen LogP contribution is 2.28. The Bertz CT molecular complexity index is 1430. The number of ether oxygens (including phenoxy) is 1. The summed E-state index contributed by atoms with van der Waals surface area (Å²) in [7, 11) is 1.77. The molecule has 0 saturated heterocycles. The van der Waals surface area contributed by atoms with Gasteiger partial charge >= 0.3 is 0 Å². The number of phenolic OH excluding ortho intramolecular Hbond substituents is 1. The van der Waals surface area contributed by atoms with Crippen LogP contribution in [0.4, 0.5) is 0 Å². The zero-order chi connectivity index (χ0) is 29.7. The third kappa shape index (κ3) is 7.41.